The Morgan fingerprint density at radius 2 is 1.92 bits per heavy atom. The van der Waals surface area contributed by atoms with Crippen LogP contribution in [0.1, 0.15) is 24.0 Å². The van der Waals surface area contributed by atoms with Gasteiger partial charge in [0.1, 0.15) is 0 Å². The third-order valence-corrected chi connectivity index (χ3v) is 3.66. The van der Waals surface area contributed by atoms with Crippen molar-refractivity contribution in [1.29, 1.82) is 0 Å². The van der Waals surface area contributed by atoms with E-state index in [1.807, 2.05) is 32.0 Å². The van der Waals surface area contributed by atoms with Gasteiger partial charge < -0.3 is 10.1 Å². The van der Waals surface area contributed by atoms with Crippen molar-refractivity contribution >= 4 is 17.3 Å². The minimum Gasteiger partial charge on any atom is -0.487 e. The molecule has 6 heteroatoms. The minimum absolute atomic E-state index is 0.0721. The molecule has 0 aliphatic rings. The van der Waals surface area contributed by atoms with E-state index in [-0.39, 0.29) is 30.4 Å². The van der Waals surface area contributed by atoms with Gasteiger partial charge >= 0.3 is 5.69 Å². The van der Waals surface area contributed by atoms with Crippen molar-refractivity contribution < 1.29 is 14.5 Å². The second-order valence-corrected chi connectivity index (χ2v) is 5.52. The fourth-order valence-electron chi connectivity index (χ4n) is 2.19. The van der Waals surface area contributed by atoms with Crippen molar-refractivity contribution in [2.24, 2.45) is 0 Å². The molecule has 0 aliphatic carbocycles. The Bertz CT molecular complexity index is 744. The Morgan fingerprint density at radius 1 is 1.17 bits per heavy atom. The number of carbonyl (C=O) groups excluding carboxylic acids is 1. The highest BCUT2D eigenvalue weighted by molar-refractivity contribution is 5.90. The van der Waals surface area contributed by atoms with Gasteiger partial charge in [0, 0.05) is 18.2 Å². The number of rotatable bonds is 7. The summed E-state index contributed by atoms with van der Waals surface area (Å²) in [5.41, 5.74) is 2.98. The average molecular weight is 328 g/mol. The van der Waals surface area contributed by atoms with Gasteiger partial charge in [-0.25, -0.2) is 0 Å². The van der Waals surface area contributed by atoms with Crippen LogP contribution in [0.3, 0.4) is 0 Å². The van der Waals surface area contributed by atoms with Gasteiger partial charge in [-0.15, -0.1) is 0 Å². The number of nitro benzene ring substituents is 1. The number of carbonyl (C=O) groups is 1. The van der Waals surface area contributed by atoms with Crippen LogP contribution in [-0.4, -0.2) is 17.4 Å². The number of benzene rings is 2. The standard InChI is InChI=1S/C18H20N2O4/c1-13-9-10-15(12-14(13)2)19-18(21)8-5-11-24-17-7-4-3-6-16(17)20(22)23/h3-4,6-7,9-10,12H,5,8,11H2,1-2H3,(H,19,21). The molecule has 0 bridgehead atoms. The lowest BCUT2D eigenvalue weighted by atomic mass is 10.1. The first kappa shape index (κ1) is 17.5. The molecular weight excluding hydrogens is 308 g/mol. The molecular formula is C18H20N2O4. The molecule has 2 rings (SSSR count). The Balaban J connectivity index is 1.79. The van der Waals surface area contributed by atoms with Crippen molar-refractivity contribution in [1.82, 2.24) is 0 Å². The van der Waals surface area contributed by atoms with Crippen molar-refractivity contribution in [3.05, 3.63) is 63.7 Å². The minimum atomic E-state index is -0.484. The fourth-order valence-corrected chi connectivity index (χ4v) is 2.19. The smallest absolute Gasteiger partial charge is 0.310 e. The second-order valence-electron chi connectivity index (χ2n) is 5.52. The summed E-state index contributed by atoms with van der Waals surface area (Å²) in [5.74, 6) is 0.112. The third-order valence-electron chi connectivity index (χ3n) is 3.66. The monoisotopic (exact) mass is 328 g/mol. The van der Waals surface area contributed by atoms with E-state index in [2.05, 4.69) is 5.32 Å². The van der Waals surface area contributed by atoms with Gasteiger partial charge in [-0.2, -0.15) is 0 Å². The van der Waals surface area contributed by atoms with Crippen molar-refractivity contribution in [3.8, 4) is 5.75 Å². The zero-order valence-corrected chi connectivity index (χ0v) is 13.7. The van der Waals surface area contributed by atoms with Crippen molar-refractivity contribution in [2.45, 2.75) is 26.7 Å². The van der Waals surface area contributed by atoms with Crippen LogP contribution in [0.2, 0.25) is 0 Å². The SMILES string of the molecule is Cc1ccc(NC(=O)CCCOc2ccccc2[N+](=O)[O-])cc1C. The molecule has 6 nitrogen and oxygen atoms in total. The van der Waals surface area contributed by atoms with Gasteiger partial charge in [-0.1, -0.05) is 18.2 Å². The number of anilines is 1. The molecule has 0 saturated heterocycles. The number of aryl methyl sites for hydroxylation is 2. The molecule has 2 aromatic rings. The maximum absolute atomic E-state index is 11.9. The van der Waals surface area contributed by atoms with E-state index < -0.39 is 4.92 Å². The second kappa shape index (κ2) is 8.10. The molecule has 0 atom stereocenters. The molecule has 0 aromatic heterocycles. The summed E-state index contributed by atoms with van der Waals surface area (Å²) in [7, 11) is 0. The quantitative estimate of drug-likeness (QED) is 0.473. The summed E-state index contributed by atoms with van der Waals surface area (Å²) in [5, 5.41) is 13.7. The maximum Gasteiger partial charge on any atom is 0.310 e. The first-order chi connectivity index (χ1) is 11.5. The molecule has 0 heterocycles. The Hall–Kier alpha value is -2.89. The summed E-state index contributed by atoms with van der Waals surface area (Å²) in [6, 6.07) is 12.0. The number of para-hydroxylation sites is 2. The molecule has 1 N–H and O–H groups in total. The van der Waals surface area contributed by atoms with E-state index in [9.17, 15) is 14.9 Å². The Kier molecular flexibility index (Phi) is 5.89. The topological polar surface area (TPSA) is 81.5 Å². The number of amides is 1. The van der Waals surface area contributed by atoms with Crippen LogP contribution in [0.15, 0.2) is 42.5 Å². The van der Waals surface area contributed by atoms with E-state index >= 15 is 0 Å². The van der Waals surface area contributed by atoms with E-state index in [4.69, 9.17) is 4.74 Å². The molecule has 0 fully saturated rings. The molecule has 126 valence electrons. The number of hydrogen-bond acceptors (Lipinski definition) is 4. The highest BCUT2D eigenvalue weighted by Gasteiger charge is 2.13. The van der Waals surface area contributed by atoms with Crippen LogP contribution in [0.5, 0.6) is 5.75 Å². The normalized spacial score (nSPS) is 10.2. The van der Waals surface area contributed by atoms with Gasteiger partial charge in [0.05, 0.1) is 11.5 Å². The molecule has 0 radical (unpaired) electrons. The highest BCUT2D eigenvalue weighted by atomic mass is 16.6. The summed E-state index contributed by atoms with van der Waals surface area (Å²) >= 11 is 0. The third kappa shape index (κ3) is 4.81. The molecule has 0 spiro atoms. The van der Waals surface area contributed by atoms with Crippen LogP contribution in [0, 0.1) is 24.0 Å². The first-order valence-electron chi connectivity index (χ1n) is 7.70. The largest absolute Gasteiger partial charge is 0.487 e. The van der Waals surface area contributed by atoms with Crippen LogP contribution in [-0.2, 0) is 4.79 Å². The molecule has 2 aromatic carbocycles. The van der Waals surface area contributed by atoms with E-state index in [1.54, 1.807) is 18.2 Å². The van der Waals surface area contributed by atoms with Crippen LogP contribution in [0.25, 0.3) is 0 Å². The summed E-state index contributed by atoms with van der Waals surface area (Å²) in [6.07, 6.45) is 0.760. The van der Waals surface area contributed by atoms with Gasteiger partial charge in [0.15, 0.2) is 5.75 Å². The molecule has 0 aliphatic heterocycles. The van der Waals surface area contributed by atoms with Gasteiger partial charge in [-0.05, 0) is 49.6 Å². The van der Waals surface area contributed by atoms with Crippen LogP contribution in [0.4, 0.5) is 11.4 Å². The lowest BCUT2D eigenvalue weighted by Crippen LogP contribution is -2.13. The number of nitrogens with zero attached hydrogens (tertiary/aromatic N) is 1. The maximum atomic E-state index is 11.9. The van der Waals surface area contributed by atoms with Crippen molar-refractivity contribution in [2.75, 3.05) is 11.9 Å². The Morgan fingerprint density at radius 3 is 2.62 bits per heavy atom. The lowest BCUT2D eigenvalue weighted by molar-refractivity contribution is -0.385. The van der Waals surface area contributed by atoms with Crippen LogP contribution >= 0.6 is 0 Å². The number of ether oxygens (including phenoxy) is 1. The predicted octanol–water partition coefficient (Wildman–Crippen LogP) is 4.01. The average Bonchev–Trinajstić information content (AvgIpc) is 2.55. The zero-order valence-electron chi connectivity index (χ0n) is 13.7. The Labute approximate surface area is 140 Å². The number of hydrogen-bond donors (Lipinski definition) is 1. The van der Waals surface area contributed by atoms with Crippen LogP contribution < -0.4 is 10.1 Å². The van der Waals surface area contributed by atoms with Crippen molar-refractivity contribution in [3.63, 3.8) is 0 Å². The van der Waals surface area contributed by atoms with Gasteiger partial charge in [-0.3, -0.25) is 14.9 Å². The predicted molar refractivity (Wildman–Crippen MR) is 92.4 cm³/mol. The molecule has 24 heavy (non-hydrogen) atoms. The fraction of sp³-hybridized carbons (Fsp3) is 0.278. The lowest BCUT2D eigenvalue weighted by Gasteiger charge is -2.08. The van der Waals surface area contributed by atoms with Gasteiger partial charge in [0.2, 0.25) is 5.91 Å². The van der Waals surface area contributed by atoms with E-state index in [1.165, 1.54) is 11.6 Å². The van der Waals surface area contributed by atoms with E-state index in [0.717, 1.165) is 11.3 Å². The zero-order chi connectivity index (χ0) is 17.5. The van der Waals surface area contributed by atoms with E-state index in [0.29, 0.717) is 6.42 Å². The van der Waals surface area contributed by atoms with Gasteiger partial charge in [0.25, 0.3) is 0 Å². The molecule has 0 unspecified atom stereocenters. The number of nitrogens with one attached hydrogen (secondary N) is 1. The number of nitro groups is 1. The summed E-state index contributed by atoms with van der Waals surface area (Å²) in [6.45, 7) is 4.25. The summed E-state index contributed by atoms with van der Waals surface area (Å²) < 4.78 is 5.41. The molecule has 0 saturated carbocycles. The summed E-state index contributed by atoms with van der Waals surface area (Å²) in [4.78, 5) is 22.3. The molecule has 1 amide bonds. The highest BCUT2D eigenvalue weighted by Crippen LogP contribution is 2.25. The first-order valence-corrected chi connectivity index (χ1v) is 7.70.